The molecule has 0 saturated carbocycles. The molecule has 1 aromatic rings. The van der Waals surface area contributed by atoms with Crippen molar-refractivity contribution in [1.82, 2.24) is 0 Å². The SMILES string of the molecule is CO/N=C(\C(=O)O)c1ccccc1CO. The Morgan fingerprint density at radius 2 is 2.13 bits per heavy atom. The third-order valence-corrected chi connectivity index (χ3v) is 1.83. The van der Waals surface area contributed by atoms with Gasteiger partial charge in [0.05, 0.1) is 6.61 Å². The molecule has 0 bridgehead atoms. The zero-order valence-electron chi connectivity index (χ0n) is 8.17. The van der Waals surface area contributed by atoms with Crippen molar-refractivity contribution in [2.45, 2.75) is 6.61 Å². The number of rotatable bonds is 4. The third kappa shape index (κ3) is 2.54. The highest BCUT2D eigenvalue weighted by Crippen LogP contribution is 2.10. The van der Waals surface area contributed by atoms with Gasteiger partial charge in [0.15, 0.2) is 5.71 Å². The van der Waals surface area contributed by atoms with Crippen LogP contribution in [0.1, 0.15) is 11.1 Å². The molecule has 0 aliphatic rings. The number of oxime groups is 1. The van der Waals surface area contributed by atoms with Gasteiger partial charge in [0.25, 0.3) is 0 Å². The molecule has 0 spiro atoms. The highest BCUT2D eigenvalue weighted by atomic mass is 16.6. The summed E-state index contributed by atoms with van der Waals surface area (Å²) in [7, 11) is 1.27. The molecular weight excluding hydrogens is 198 g/mol. The number of aliphatic hydroxyl groups excluding tert-OH is 1. The molecule has 80 valence electrons. The van der Waals surface area contributed by atoms with Crippen LogP contribution in [0, 0.1) is 0 Å². The van der Waals surface area contributed by atoms with E-state index in [0.717, 1.165) is 0 Å². The van der Waals surface area contributed by atoms with Crippen LogP contribution < -0.4 is 0 Å². The maximum Gasteiger partial charge on any atom is 0.358 e. The second-order valence-corrected chi connectivity index (χ2v) is 2.74. The van der Waals surface area contributed by atoms with Crippen molar-refractivity contribution in [3.63, 3.8) is 0 Å². The molecule has 0 atom stereocenters. The van der Waals surface area contributed by atoms with E-state index in [2.05, 4.69) is 9.99 Å². The molecule has 0 heterocycles. The summed E-state index contributed by atoms with van der Waals surface area (Å²) >= 11 is 0. The lowest BCUT2D eigenvalue weighted by molar-refractivity contribution is -0.129. The second kappa shape index (κ2) is 5.11. The van der Waals surface area contributed by atoms with Crippen LogP contribution in [0.3, 0.4) is 0 Å². The number of aliphatic hydroxyl groups is 1. The minimum atomic E-state index is -1.20. The Morgan fingerprint density at radius 1 is 1.47 bits per heavy atom. The average molecular weight is 209 g/mol. The number of carbonyl (C=O) groups is 1. The van der Waals surface area contributed by atoms with Gasteiger partial charge in [0.2, 0.25) is 0 Å². The summed E-state index contributed by atoms with van der Waals surface area (Å²) in [5.41, 5.74) is 0.632. The average Bonchev–Trinajstić information content (AvgIpc) is 2.25. The fourth-order valence-corrected chi connectivity index (χ4v) is 1.18. The number of carboxylic acid groups (broad SMARTS) is 1. The number of hydrogen-bond acceptors (Lipinski definition) is 4. The lowest BCUT2D eigenvalue weighted by atomic mass is 10.0. The molecule has 0 unspecified atom stereocenters. The maximum absolute atomic E-state index is 10.9. The van der Waals surface area contributed by atoms with E-state index in [1.54, 1.807) is 24.3 Å². The molecule has 0 aliphatic heterocycles. The van der Waals surface area contributed by atoms with Crippen LogP contribution >= 0.6 is 0 Å². The lowest BCUT2D eigenvalue weighted by Gasteiger charge is -2.05. The first-order valence-corrected chi connectivity index (χ1v) is 4.24. The van der Waals surface area contributed by atoms with Crippen LogP contribution in [0.4, 0.5) is 0 Å². The third-order valence-electron chi connectivity index (χ3n) is 1.83. The molecule has 0 aromatic heterocycles. The van der Waals surface area contributed by atoms with Crippen molar-refractivity contribution in [1.29, 1.82) is 0 Å². The first kappa shape index (κ1) is 11.2. The Kier molecular flexibility index (Phi) is 3.82. The molecule has 0 fully saturated rings. The summed E-state index contributed by atoms with van der Waals surface area (Å²) in [5, 5.41) is 21.3. The number of nitrogens with zero attached hydrogens (tertiary/aromatic N) is 1. The predicted molar refractivity (Wildman–Crippen MR) is 53.5 cm³/mol. The van der Waals surface area contributed by atoms with E-state index >= 15 is 0 Å². The molecule has 15 heavy (non-hydrogen) atoms. The topological polar surface area (TPSA) is 79.1 Å². The standard InChI is InChI=1S/C10H11NO4/c1-15-11-9(10(13)14)8-5-3-2-4-7(8)6-12/h2-5,12H,6H2,1H3,(H,13,14)/b11-9-. The molecule has 0 amide bonds. The van der Waals surface area contributed by atoms with E-state index in [0.29, 0.717) is 11.1 Å². The van der Waals surface area contributed by atoms with Crippen molar-refractivity contribution in [2.24, 2.45) is 5.16 Å². The van der Waals surface area contributed by atoms with Crippen molar-refractivity contribution < 1.29 is 19.8 Å². The summed E-state index contributed by atoms with van der Waals surface area (Å²) in [6.45, 7) is -0.244. The van der Waals surface area contributed by atoms with Crippen molar-refractivity contribution in [3.05, 3.63) is 35.4 Å². The van der Waals surface area contributed by atoms with Crippen LogP contribution in [0.5, 0.6) is 0 Å². The molecule has 0 aliphatic carbocycles. The summed E-state index contributed by atoms with van der Waals surface area (Å²) in [5.74, 6) is -1.20. The summed E-state index contributed by atoms with van der Waals surface area (Å²) in [6.07, 6.45) is 0. The number of aliphatic carboxylic acids is 1. The Balaban J connectivity index is 3.22. The van der Waals surface area contributed by atoms with Crippen LogP contribution in [-0.2, 0) is 16.2 Å². The van der Waals surface area contributed by atoms with Crippen molar-refractivity contribution >= 4 is 11.7 Å². The van der Waals surface area contributed by atoms with Gasteiger partial charge >= 0.3 is 5.97 Å². The number of benzene rings is 1. The van der Waals surface area contributed by atoms with Gasteiger partial charge in [0.1, 0.15) is 7.11 Å². The molecule has 1 rings (SSSR count). The van der Waals surface area contributed by atoms with E-state index in [1.165, 1.54) is 7.11 Å². The molecule has 2 N–H and O–H groups in total. The molecule has 0 saturated heterocycles. The highest BCUT2D eigenvalue weighted by Gasteiger charge is 2.16. The molecule has 5 heteroatoms. The summed E-state index contributed by atoms with van der Waals surface area (Å²) in [6, 6.07) is 6.57. The van der Waals surface area contributed by atoms with Gasteiger partial charge in [-0.1, -0.05) is 29.4 Å². The minimum Gasteiger partial charge on any atom is -0.476 e. The van der Waals surface area contributed by atoms with E-state index in [9.17, 15) is 4.79 Å². The Bertz CT molecular complexity index is 387. The van der Waals surface area contributed by atoms with Crippen LogP contribution in [0.2, 0.25) is 0 Å². The van der Waals surface area contributed by atoms with Gasteiger partial charge in [-0.15, -0.1) is 0 Å². The van der Waals surface area contributed by atoms with Gasteiger partial charge in [0, 0.05) is 5.56 Å². The maximum atomic E-state index is 10.9. The first-order valence-electron chi connectivity index (χ1n) is 4.24. The summed E-state index contributed by atoms with van der Waals surface area (Å²) < 4.78 is 0. The lowest BCUT2D eigenvalue weighted by Crippen LogP contribution is -2.16. The fraction of sp³-hybridized carbons (Fsp3) is 0.200. The van der Waals surface area contributed by atoms with Gasteiger partial charge in [-0.2, -0.15) is 0 Å². The number of hydrogen-bond donors (Lipinski definition) is 2. The van der Waals surface area contributed by atoms with Gasteiger partial charge in [-0.3, -0.25) is 0 Å². The molecule has 1 aromatic carbocycles. The van der Waals surface area contributed by atoms with Crippen LogP contribution in [-0.4, -0.2) is 29.0 Å². The van der Waals surface area contributed by atoms with Gasteiger partial charge < -0.3 is 15.1 Å². The van der Waals surface area contributed by atoms with E-state index in [4.69, 9.17) is 10.2 Å². The van der Waals surface area contributed by atoms with Gasteiger partial charge in [-0.05, 0) is 5.56 Å². The summed E-state index contributed by atoms with van der Waals surface area (Å²) in [4.78, 5) is 15.3. The van der Waals surface area contributed by atoms with Crippen LogP contribution in [0.25, 0.3) is 0 Å². The van der Waals surface area contributed by atoms with E-state index in [-0.39, 0.29) is 12.3 Å². The smallest absolute Gasteiger partial charge is 0.358 e. The normalized spacial score (nSPS) is 11.2. The largest absolute Gasteiger partial charge is 0.476 e. The van der Waals surface area contributed by atoms with Crippen molar-refractivity contribution in [3.8, 4) is 0 Å². The Morgan fingerprint density at radius 3 is 2.67 bits per heavy atom. The molecular formula is C10H11NO4. The molecule has 0 radical (unpaired) electrons. The zero-order chi connectivity index (χ0) is 11.3. The zero-order valence-corrected chi connectivity index (χ0v) is 8.17. The number of carboxylic acids is 1. The van der Waals surface area contributed by atoms with E-state index < -0.39 is 5.97 Å². The van der Waals surface area contributed by atoms with Crippen molar-refractivity contribution in [2.75, 3.05) is 7.11 Å². The quantitative estimate of drug-likeness (QED) is 0.562. The van der Waals surface area contributed by atoms with Gasteiger partial charge in [-0.25, -0.2) is 4.79 Å². The fourth-order valence-electron chi connectivity index (χ4n) is 1.18. The monoisotopic (exact) mass is 209 g/mol. The first-order chi connectivity index (χ1) is 7.20. The Labute approximate surface area is 86.6 Å². The Hall–Kier alpha value is -1.88. The predicted octanol–water partition coefficient (Wildman–Crippen LogP) is 0.614. The second-order valence-electron chi connectivity index (χ2n) is 2.74. The van der Waals surface area contributed by atoms with Crippen LogP contribution in [0.15, 0.2) is 29.4 Å². The highest BCUT2D eigenvalue weighted by molar-refractivity contribution is 6.42. The minimum absolute atomic E-state index is 0.220. The molecule has 5 nitrogen and oxygen atoms in total. The van der Waals surface area contributed by atoms with E-state index in [1.807, 2.05) is 0 Å².